The molecule has 0 aliphatic rings. The number of carboxylic acid groups (broad SMARTS) is 3. The third kappa shape index (κ3) is 12.1. The van der Waals surface area contributed by atoms with E-state index in [0.717, 1.165) is 0 Å². The summed E-state index contributed by atoms with van der Waals surface area (Å²) < 4.78 is 0. The molecule has 0 fully saturated rings. The van der Waals surface area contributed by atoms with Crippen molar-refractivity contribution >= 4 is 35.6 Å². The lowest BCUT2D eigenvalue weighted by Crippen LogP contribution is -2.58. The highest BCUT2D eigenvalue weighted by atomic mass is 16.4. The number of carbonyl (C=O) groups is 6. The van der Waals surface area contributed by atoms with Crippen LogP contribution in [0.3, 0.4) is 0 Å². The summed E-state index contributed by atoms with van der Waals surface area (Å²) >= 11 is 0. The molecule has 0 aromatic heterocycles. The number of unbranched alkanes of at least 4 members (excludes halogenated alkanes) is 1. The molecular formula is C19H33N5O10. The van der Waals surface area contributed by atoms with Crippen molar-refractivity contribution in [1.29, 1.82) is 0 Å². The molecule has 0 saturated carbocycles. The lowest BCUT2D eigenvalue weighted by Gasteiger charge is -2.25. The monoisotopic (exact) mass is 491 g/mol. The molecule has 0 aliphatic heterocycles. The molecule has 0 saturated heterocycles. The SMILES string of the molecule is CC(O)C(N)C(=O)NC(CCCCN)C(=O)NC(CCC(=O)O)C(=O)NC(CC(=O)O)C(=O)O. The first-order chi connectivity index (χ1) is 15.8. The number of hydrogen-bond acceptors (Lipinski definition) is 9. The Morgan fingerprint density at radius 2 is 1.26 bits per heavy atom. The fraction of sp³-hybridized carbons (Fsp3) is 0.684. The number of rotatable bonds is 17. The zero-order valence-electron chi connectivity index (χ0n) is 18.7. The Balaban J connectivity index is 5.60. The highest BCUT2D eigenvalue weighted by Crippen LogP contribution is 2.06. The van der Waals surface area contributed by atoms with Gasteiger partial charge in [-0.15, -0.1) is 0 Å². The number of hydrogen-bond donors (Lipinski definition) is 9. The van der Waals surface area contributed by atoms with Gasteiger partial charge in [-0.1, -0.05) is 0 Å². The Morgan fingerprint density at radius 3 is 1.71 bits per heavy atom. The topological polar surface area (TPSA) is 271 Å². The molecule has 34 heavy (non-hydrogen) atoms. The van der Waals surface area contributed by atoms with Gasteiger partial charge in [0.2, 0.25) is 17.7 Å². The highest BCUT2D eigenvalue weighted by Gasteiger charge is 2.31. The van der Waals surface area contributed by atoms with Crippen LogP contribution in [0.4, 0.5) is 0 Å². The third-order valence-corrected chi connectivity index (χ3v) is 4.68. The van der Waals surface area contributed by atoms with Crippen LogP contribution in [0.15, 0.2) is 0 Å². The first-order valence-corrected chi connectivity index (χ1v) is 10.5. The summed E-state index contributed by atoms with van der Waals surface area (Å²) in [6.07, 6.45) is -2.22. The molecule has 5 atom stereocenters. The van der Waals surface area contributed by atoms with Crippen molar-refractivity contribution in [3.05, 3.63) is 0 Å². The number of aliphatic carboxylic acids is 3. The fourth-order valence-electron chi connectivity index (χ4n) is 2.70. The Kier molecular flexibility index (Phi) is 14.0. The van der Waals surface area contributed by atoms with Crippen LogP contribution in [-0.4, -0.2) is 92.9 Å². The van der Waals surface area contributed by atoms with Crippen molar-refractivity contribution in [3.63, 3.8) is 0 Å². The average molecular weight is 491 g/mol. The van der Waals surface area contributed by atoms with Crippen LogP contribution in [0.2, 0.25) is 0 Å². The van der Waals surface area contributed by atoms with Crippen molar-refractivity contribution < 1.29 is 49.2 Å². The molecule has 15 heteroatoms. The Bertz CT molecular complexity index is 745. The quantitative estimate of drug-likeness (QED) is 0.0905. The van der Waals surface area contributed by atoms with Gasteiger partial charge in [0.05, 0.1) is 12.5 Å². The van der Waals surface area contributed by atoms with Gasteiger partial charge in [0, 0.05) is 6.42 Å². The Labute approximate surface area is 195 Å². The maximum atomic E-state index is 12.8. The van der Waals surface area contributed by atoms with E-state index in [-0.39, 0.29) is 6.42 Å². The fourth-order valence-corrected chi connectivity index (χ4v) is 2.70. The van der Waals surface area contributed by atoms with E-state index in [1.807, 2.05) is 5.32 Å². The minimum atomic E-state index is -1.82. The normalized spacial score (nSPS) is 15.2. The third-order valence-electron chi connectivity index (χ3n) is 4.68. The van der Waals surface area contributed by atoms with Crippen molar-refractivity contribution in [2.75, 3.05) is 6.54 Å². The van der Waals surface area contributed by atoms with Crippen LogP contribution in [-0.2, 0) is 28.8 Å². The Morgan fingerprint density at radius 1 is 0.765 bits per heavy atom. The molecule has 0 bridgehead atoms. The van der Waals surface area contributed by atoms with Crippen LogP contribution in [0.25, 0.3) is 0 Å². The summed E-state index contributed by atoms with van der Waals surface area (Å²) in [6, 6.07) is -5.93. The molecule has 5 unspecified atom stereocenters. The van der Waals surface area contributed by atoms with Gasteiger partial charge >= 0.3 is 17.9 Å². The molecule has 0 heterocycles. The number of nitrogens with two attached hydrogens (primary N) is 2. The first-order valence-electron chi connectivity index (χ1n) is 10.5. The molecule has 0 radical (unpaired) electrons. The first kappa shape index (κ1) is 30.7. The number of aliphatic hydroxyl groups is 1. The minimum Gasteiger partial charge on any atom is -0.481 e. The van der Waals surface area contributed by atoms with E-state index in [1.165, 1.54) is 6.92 Å². The predicted octanol–water partition coefficient (Wildman–Crippen LogP) is -3.30. The second kappa shape index (κ2) is 15.5. The van der Waals surface area contributed by atoms with Crippen LogP contribution in [0, 0.1) is 0 Å². The summed E-state index contributed by atoms with van der Waals surface area (Å²) in [5.74, 6) is -7.30. The van der Waals surface area contributed by atoms with Crippen molar-refractivity contribution in [2.45, 2.75) is 75.7 Å². The maximum absolute atomic E-state index is 12.8. The molecule has 194 valence electrons. The standard InChI is InChI=1S/C19H33N5O10/c1-9(25)15(21)18(32)23-10(4-2-3-7-20)16(30)22-11(5-6-13(26)27)17(31)24-12(19(33)34)8-14(28)29/h9-12,15,25H,2-8,20-21H2,1H3,(H,22,30)(H,23,32)(H,24,31)(H,26,27)(H,28,29)(H,33,34). The van der Waals surface area contributed by atoms with E-state index in [4.69, 9.17) is 26.8 Å². The zero-order chi connectivity index (χ0) is 26.4. The van der Waals surface area contributed by atoms with Gasteiger partial charge in [-0.3, -0.25) is 24.0 Å². The molecule has 0 spiro atoms. The van der Waals surface area contributed by atoms with Crippen molar-refractivity contribution in [2.24, 2.45) is 11.5 Å². The van der Waals surface area contributed by atoms with Gasteiger partial charge in [-0.2, -0.15) is 0 Å². The van der Waals surface area contributed by atoms with Crippen LogP contribution in [0.1, 0.15) is 45.4 Å². The summed E-state index contributed by atoms with van der Waals surface area (Å²) in [7, 11) is 0. The van der Waals surface area contributed by atoms with E-state index in [9.17, 15) is 33.9 Å². The smallest absolute Gasteiger partial charge is 0.326 e. The number of nitrogens with one attached hydrogen (secondary N) is 3. The molecular weight excluding hydrogens is 458 g/mol. The molecule has 15 nitrogen and oxygen atoms in total. The second-order valence-electron chi connectivity index (χ2n) is 7.60. The Hall–Kier alpha value is -3.30. The molecule has 3 amide bonds. The van der Waals surface area contributed by atoms with Gasteiger partial charge in [-0.25, -0.2) is 4.79 Å². The van der Waals surface area contributed by atoms with Crippen LogP contribution >= 0.6 is 0 Å². The minimum absolute atomic E-state index is 0.0747. The molecule has 11 N–H and O–H groups in total. The zero-order valence-corrected chi connectivity index (χ0v) is 18.7. The summed E-state index contributed by atoms with van der Waals surface area (Å²) in [4.78, 5) is 70.6. The van der Waals surface area contributed by atoms with E-state index < -0.39 is 85.2 Å². The van der Waals surface area contributed by atoms with E-state index in [0.29, 0.717) is 19.4 Å². The number of amides is 3. The molecule has 0 aromatic rings. The molecule has 0 aliphatic carbocycles. The summed E-state index contributed by atoms with van der Waals surface area (Å²) in [5, 5.41) is 42.9. The average Bonchev–Trinajstić information content (AvgIpc) is 2.73. The summed E-state index contributed by atoms with van der Waals surface area (Å²) in [5.41, 5.74) is 11.0. The van der Waals surface area contributed by atoms with E-state index in [1.54, 1.807) is 0 Å². The number of carbonyl (C=O) groups excluding carboxylic acids is 3. The van der Waals surface area contributed by atoms with Gasteiger partial charge in [0.1, 0.15) is 24.2 Å². The summed E-state index contributed by atoms with van der Waals surface area (Å²) in [6.45, 7) is 1.58. The van der Waals surface area contributed by atoms with Crippen LogP contribution < -0.4 is 27.4 Å². The maximum Gasteiger partial charge on any atom is 0.326 e. The van der Waals surface area contributed by atoms with E-state index >= 15 is 0 Å². The van der Waals surface area contributed by atoms with Gasteiger partial charge < -0.3 is 47.8 Å². The molecule has 0 rings (SSSR count). The van der Waals surface area contributed by atoms with Crippen molar-refractivity contribution in [3.8, 4) is 0 Å². The second-order valence-corrected chi connectivity index (χ2v) is 7.60. The lowest BCUT2D eigenvalue weighted by molar-refractivity contribution is -0.147. The van der Waals surface area contributed by atoms with Gasteiger partial charge in [-0.05, 0) is 39.2 Å². The lowest BCUT2D eigenvalue weighted by atomic mass is 10.0. The van der Waals surface area contributed by atoms with Crippen LogP contribution in [0.5, 0.6) is 0 Å². The van der Waals surface area contributed by atoms with E-state index in [2.05, 4.69) is 10.6 Å². The predicted molar refractivity (Wildman–Crippen MR) is 115 cm³/mol. The van der Waals surface area contributed by atoms with Gasteiger partial charge in [0.15, 0.2) is 0 Å². The van der Waals surface area contributed by atoms with Crippen molar-refractivity contribution in [1.82, 2.24) is 16.0 Å². The number of aliphatic hydroxyl groups excluding tert-OH is 1. The number of carboxylic acids is 3. The highest BCUT2D eigenvalue weighted by molar-refractivity contribution is 5.94. The largest absolute Gasteiger partial charge is 0.481 e. The van der Waals surface area contributed by atoms with Gasteiger partial charge in [0.25, 0.3) is 0 Å². The molecule has 0 aromatic carbocycles.